The van der Waals surface area contributed by atoms with E-state index in [-0.39, 0.29) is 22.8 Å². The summed E-state index contributed by atoms with van der Waals surface area (Å²) >= 11 is 6.06. The first kappa shape index (κ1) is 14.8. The first-order valence-corrected chi connectivity index (χ1v) is 7.27. The second kappa shape index (κ2) is 6.26. The molecule has 110 valence electrons. The van der Waals surface area contributed by atoms with Gasteiger partial charge >= 0.3 is 5.82 Å². The van der Waals surface area contributed by atoms with E-state index in [2.05, 4.69) is 10.3 Å². The number of carbonyl (C=O) groups excluding carboxylic acids is 1. The highest BCUT2D eigenvalue weighted by atomic mass is 35.5. The molecular formula is C13H18ClN3O3. The third-order valence-corrected chi connectivity index (χ3v) is 4.50. The Balaban J connectivity index is 1.95. The molecule has 1 aromatic rings. The molecule has 6 nitrogen and oxygen atoms in total. The van der Waals surface area contributed by atoms with Crippen LogP contribution in [0.4, 0.5) is 5.82 Å². The number of amides is 1. The lowest BCUT2D eigenvalue weighted by Crippen LogP contribution is -2.40. The summed E-state index contributed by atoms with van der Waals surface area (Å²) in [7, 11) is 0. The maximum absolute atomic E-state index is 12.0. The number of rotatable bonds is 5. The molecule has 0 aromatic carbocycles. The number of nitrogens with zero attached hydrogens (tertiary/aromatic N) is 1. The maximum Gasteiger partial charge on any atom is 0.321 e. The van der Waals surface area contributed by atoms with Crippen LogP contribution in [0, 0.1) is 15.5 Å². The minimum absolute atomic E-state index is 0.0337. The van der Waals surface area contributed by atoms with Gasteiger partial charge in [-0.15, -0.1) is 11.6 Å². The van der Waals surface area contributed by atoms with Crippen LogP contribution >= 0.6 is 11.6 Å². The van der Waals surface area contributed by atoms with Gasteiger partial charge in [0.2, 0.25) is 0 Å². The van der Waals surface area contributed by atoms with Gasteiger partial charge in [0.1, 0.15) is 0 Å². The molecule has 0 radical (unpaired) electrons. The van der Waals surface area contributed by atoms with Crippen molar-refractivity contribution in [3.63, 3.8) is 0 Å². The Bertz CT molecular complexity index is 495. The molecule has 1 heterocycles. The fourth-order valence-electron chi connectivity index (χ4n) is 2.64. The van der Waals surface area contributed by atoms with Gasteiger partial charge in [-0.25, -0.2) is 4.98 Å². The van der Waals surface area contributed by atoms with Crippen molar-refractivity contribution in [3.05, 3.63) is 27.9 Å². The molecule has 2 rings (SSSR count). The van der Waals surface area contributed by atoms with Gasteiger partial charge in [0.15, 0.2) is 5.69 Å². The molecule has 0 bridgehead atoms. The van der Waals surface area contributed by atoms with Crippen LogP contribution in [0.25, 0.3) is 0 Å². The van der Waals surface area contributed by atoms with Gasteiger partial charge < -0.3 is 15.4 Å². The standard InChI is InChI=1S/C13H18ClN3O3/c14-8-13(6-2-1-3-7-13)9-15-12(18)10-4-5-11(16-10)17(19)20/h4-5,16H,1-3,6-9H2,(H,15,18). The van der Waals surface area contributed by atoms with Crippen LogP contribution in [0.15, 0.2) is 12.1 Å². The van der Waals surface area contributed by atoms with Crippen LogP contribution in [0.2, 0.25) is 0 Å². The van der Waals surface area contributed by atoms with E-state index in [1.54, 1.807) is 0 Å². The average molecular weight is 300 g/mol. The Hall–Kier alpha value is -1.56. The Labute approximate surface area is 122 Å². The highest BCUT2D eigenvalue weighted by molar-refractivity contribution is 6.18. The van der Waals surface area contributed by atoms with E-state index >= 15 is 0 Å². The number of hydrogen-bond donors (Lipinski definition) is 2. The number of aromatic nitrogens is 1. The molecule has 0 aliphatic heterocycles. The van der Waals surface area contributed by atoms with Crippen molar-refractivity contribution in [1.82, 2.24) is 10.3 Å². The smallest absolute Gasteiger partial charge is 0.321 e. The summed E-state index contributed by atoms with van der Waals surface area (Å²) in [6, 6.07) is 2.70. The van der Waals surface area contributed by atoms with Gasteiger partial charge in [0.05, 0.1) is 0 Å². The van der Waals surface area contributed by atoms with Crippen LogP contribution in [-0.2, 0) is 0 Å². The summed E-state index contributed by atoms with van der Waals surface area (Å²) in [6.07, 6.45) is 5.52. The monoisotopic (exact) mass is 299 g/mol. The number of nitrogens with one attached hydrogen (secondary N) is 2. The number of hydrogen-bond acceptors (Lipinski definition) is 3. The molecule has 0 saturated heterocycles. The Morgan fingerprint density at radius 1 is 1.40 bits per heavy atom. The summed E-state index contributed by atoms with van der Waals surface area (Å²) < 4.78 is 0. The summed E-state index contributed by atoms with van der Waals surface area (Å²) in [4.78, 5) is 24.5. The second-order valence-corrected chi connectivity index (χ2v) is 5.66. The zero-order valence-corrected chi connectivity index (χ0v) is 11.9. The fourth-order valence-corrected chi connectivity index (χ4v) is 3.01. The molecule has 1 aromatic heterocycles. The molecule has 1 fully saturated rings. The Morgan fingerprint density at radius 2 is 2.10 bits per heavy atom. The topological polar surface area (TPSA) is 88.0 Å². The summed E-state index contributed by atoms with van der Waals surface area (Å²) in [5.74, 6) is 0.0195. The predicted octanol–water partition coefficient (Wildman–Crippen LogP) is 2.84. The van der Waals surface area contributed by atoms with Crippen LogP contribution in [-0.4, -0.2) is 28.2 Å². The van der Waals surface area contributed by atoms with Crippen molar-refractivity contribution in [3.8, 4) is 0 Å². The lowest BCUT2D eigenvalue weighted by atomic mass is 9.75. The molecule has 0 atom stereocenters. The molecular weight excluding hydrogens is 282 g/mol. The number of halogens is 1. The van der Waals surface area contributed by atoms with E-state index < -0.39 is 4.92 Å². The SMILES string of the molecule is O=C(NCC1(CCl)CCCCC1)c1ccc([N+](=O)[O-])[nH]1. The lowest BCUT2D eigenvalue weighted by molar-refractivity contribution is -0.389. The van der Waals surface area contributed by atoms with Crippen molar-refractivity contribution in [2.75, 3.05) is 12.4 Å². The number of carbonyl (C=O) groups is 1. The van der Waals surface area contributed by atoms with E-state index in [9.17, 15) is 14.9 Å². The molecule has 2 N–H and O–H groups in total. The van der Waals surface area contributed by atoms with Gasteiger partial charge in [0.25, 0.3) is 5.91 Å². The molecule has 0 spiro atoms. The fraction of sp³-hybridized carbons (Fsp3) is 0.615. The summed E-state index contributed by atoms with van der Waals surface area (Å²) in [5.41, 5.74) is 0.172. The normalized spacial score (nSPS) is 17.6. The number of H-pyrrole nitrogens is 1. The molecule has 1 aliphatic carbocycles. The van der Waals surface area contributed by atoms with Crippen molar-refractivity contribution in [2.24, 2.45) is 5.41 Å². The third-order valence-electron chi connectivity index (χ3n) is 3.93. The first-order chi connectivity index (χ1) is 9.56. The van der Waals surface area contributed by atoms with Gasteiger partial charge in [-0.2, -0.15) is 0 Å². The minimum Gasteiger partial charge on any atom is -0.358 e. The van der Waals surface area contributed by atoms with Gasteiger partial charge in [-0.1, -0.05) is 19.3 Å². The third kappa shape index (κ3) is 3.30. The van der Waals surface area contributed by atoms with Crippen molar-refractivity contribution < 1.29 is 9.72 Å². The van der Waals surface area contributed by atoms with E-state index in [0.29, 0.717) is 12.4 Å². The van der Waals surface area contributed by atoms with Gasteiger partial charge in [-0.05, 0) is 23.8 Å². The minimum atomic E-state index is -0.557. The zero-order chi connectivity index (χ0) is 14.6. The Kier molecular flexibility index (Phi) is 4.65. The van der Waals surface area contributed by atoms with E-state index in [1.807, 2.05) is 0 Å². The second-order valence-electron chi connectivity index (χ2n) is 5.39. The van der Waals surface area contributed by atoms with E-state index in [4.69, 9.17) is 11.6 Å². The lowest BCUT2D eigenvalue weighted by Gasteiger charge is -2.35. The van der Waals surface area contributed by atoms with Gasteiger partial charge in [0, 0.05) is 23.9 Å². The van der Waals surface area contributed by atoms with Crippen LogP contribution < -0.4 is 5.32 Å². The summed E-state index contributed by atoms with van der Waals surface area (Å²) in [5, 5.41) is 13.4. The number of alkyl halides is 1. The Morgan fingerprint density at radius 3 is 2.65 bits per heavy atom. The largest absolute Gasteiger partial charge is 0.358 e. The highest BCUT2D eigenvalue weighted by Gasteiger charge is 2.32. The van der Waals surface area contributed by atoms with Crippen molar-refractivity contribution >= 4 is 23.3 Å². The van der Waals surface area contributed by atoms with Crippen LogP contribution in [0.3, 0.4) is 0 Å². The maximum atomic E-state index is 12.0. The van der Waals surface area contributed by atoms with E-state index in [1.165, 1.54) is 18.6 Å². The molecule has 7 heteroatoms. The quantitative estimate of drug-likeness (QED) is 0.498. The molecule has 20 heavy (non-hydrogen) atoms. The van der Waals surface area contributed by atoms with Crippen molar-refractivity contribution in [1.29, 1.82) is 0 Å². The van der Waals surface area contributed by atoms with Gasteiger partial charge in [-0.3, -0.25) is 4.79 Å². The molecule has 1 amide bonds. The van der Waals surface area contributed by atoms with Crippen LogP contribution in [0.1, 0.15) is 42.6 Å². The van der Waals surface area contributed by atoms with E-state index in [0.717, 1.165) is 25.7 Å². The predicted molar refractivity (Wildman–Crippen MR) is 76.0 cm³/mol. The number of nitro groups is 1. The van der Waals surface area contributed by atoms with Crippen LogP contribution in [0.5, 0.6) is 0 Å². The molecule has 1 aliphatic rings. The highest BCUT2D eigenvalue weighted by Crippen LogP contribution is 2.36. The molecule has 0 unspecified atom stereocenters. The molecule has 1 saturated carbocycles. The average Bonchev–Trinajstić information content (AvgIpc) is 2.96. The zero-order valence-electron chi connectivity index (χ0n) is 11.2. The summed E-state index contributed by atoms with van der Waals surface area (Å²) in [6.45, 7) is 0.516. The first-order valence-electron chi connectivity index (χ1n) is 6.74. The number of aromatic amines is 1. The van der Waals surface area contributed by atoms with Crippen molar-refractivity contribution in [2.45, 2.75) is 32.1 Å².